The third-order valence-corrected chi connectivity index (χ3v) is 3.50. The Morgan fingerprint density at radius 1 is 1.56 bits per heavy atom. The normalized spacial score (nSPS) is 25.5. The van der Waals surface area contributed by atoms with Crippen molar-refractivity contribution in [3.8, 4) is 0 Å². The molecular weight excluding hydrogens is 198 g/mol. The molecule has 1 aliphatic heterocycles. The van der Waals surface area contributed by atoms with E-state index in [9.17, 15) is 0 Å². The molecule has 1 fully saturated rings. The highest BCUT2D eigenvalue weighted by molar-refractivity contribution is 5.13. The Morgan fingerprint density at radius 3 is 3.06 bits per heavy atom. The molecule has 1 saturated heterocycles. The molecule has 1 aliphatic rings. The Bertz CT molecular complexity index is 330. The van der Waals surface area contributed by atoms with E-state index in [-0.39, 0.29) is 0 Å². The van der Waals surface area contributed by atoms with E-state index in [1.165, 1.54) is 18.5 Å². The van der Waals surface area contributed by atoms with Gasteiger partial charge in [0.15, 0.2) is 0 Å². The molecular formula is C13H23N3. The summed E-state index contributed by atoms with van der Waals surface area (Å²) >= 11 is 0. The van der Waals surface area contributed by atoms with E-state index < -0.39 is 0 Å². The molecule has 2 rings (SSSR count). The zero-order valence-electron chi connectivity index (χ0n) is 10.6. The monoisotopic (exact) mass is 221 g/mol. The minimum absolute atomic E-state index is 0.641. The molecule has 2 unspecified atom stereocenters. The van der Waals surface area contributed by atoms with Gasteiger partial charge in [0.25, 0.3) is 0 Å². The van der Waals surface area contributed by atoms with Crippen LogP contribution in [0.4, 0.5) is 0 Å². The van der Waals surface area contributed by atoms with Gasteiger partial charge < -0.3 is 5.32 Å². The number of hydrogen-bond donors (Lipinski definition) is 1. The third kappa shape index (κ3) is 2.29. The Balaban J connectivity index is 2.13. The van der Waals surface area contributed by atoms with Crippen LogP contribution in [0.1, 0.15) is 45.2 Å². The minimum atomic E-state index is 0.641. The number of aromatic nitrogens is 2. The van der Waals surface area contributed by atoms with Crippen molar-refractivity contribution in [2.24, 2.45) is 5.92 Å². The molecule has 0 spiro atoms. The highest BCUT2D eigenvalue weighted by Crippen LogP contribution is 2.30. The zero-order valence-corrected chi connectivity index (χ0v) is 10.6. The van der Waals surface area contributed by atoms with Gasteiger partial charge in [0.2, 0.25) is 0 Å². The van der Waals surface area contributed by atoms with Gasteiger partial charge in [-0.1, -0.05) is 13.8 Å². The molecule has 3 heteroatoms. The van der Waals surface area contributed by atoms with Crippen LogP contribution in [-0.4, -0.2) is 22.4 Å². The number of hydrogen-bond acceptors (Lipinski definition) is 2. The first kappa shape index (κ1) is 11.6. The smallest absolute Gasteiger partial charge is 0.0492 e. The van der Waals surface area contributed by atoms with Gasteiger partial charge in [-0.05, 0) is 38.3 Å². The largest absolute Gasteiger partial charge is 0.313 e. The fraction of sp³-hybridized carbons (Fsp3) is 0.769. The zero-order chi connectivity index (χ0) is 11.5. The van der Waals surface area contributed by atoms with E-state index in [1.54, 1.807) is 0 Å². The van der Waals surface area contributed by atoms with Crippen LogP contribution >= 0.6 is 0 Å². The van der Waals surface area contributed by atoms with Crippen LogP contribution in [0.5, 0.6) is 0 Å². The molecule has 16 heavy (non-hydrogen) atoms. The molecule has 0 amide bonds. The molecule has 0 aromatic carbocycles. The molecule has 3 nitrogen and oxygen atoms in total. The fourth-order valence-electron chi connectivity index (χ4n) is 2.80. The highest BCUT2D eigenvalue weighted by Gasteiger charge is 2.30. The summed E-state index contributed by atoms with van der Waals surface area (Å²) in [7, 11) is 0. The van der Waals surface area contributed by atoms with Gasteiger partial charge in [-0.15, -0.1) is 0 Å². The quantitative estimate of drug-likeness (QED) is 0.846. The number of nitrogens with zero attached hydrogens (tertiary/aromatic N) is 2. The van der Waals surface area contributed by atoms with E-state index in [1.807, 2.05) is 6.20 Å². The topological polar surface area (TPSA) is 29.9 Å². The Morgan fingerprint density at radius 2 is 2.38 bits per heavy atom. The first-order chi connectivity index (χ1) is 7.72. The summed E-state index contributed by atoms with van der Waals surface area (Å²) in [6.45, 7) is 8.89. The molecule has 90 valence electrons. The second-order valence-electron chi connectivity index (χ2n) is 5.16. The maximum Gasteiger partial charge on any atom is 0.0492 e. The molecule has 0 radical (unpaired) electrons. The lowest BCUT2D eigenvalue weighted by atomic mass is 9.90. The predicted molar refractivity (Wildman–Crippen MR) is 66.5 cm³/mol. The fourth-order valence-corrected chi connectivity index (χ4v) is 2.80. The lowest BCUT2D eigenvalue weighted by molar-refractivity contribution is 0.418. The van der Waals surface area contributed by atoms with Crippen LogP contribution in [0.15, 0.2) is 12.3 Å². The SMILES string of the molecule is CCn1nccc1C1CCNC1CC(C)C. The second kappa shape index (κ2) is 5.00. The van der Waals surface area contributed by atoms with Crippen molar-refractivity contribution in [2.45, 2.75) is 52.1 Å². The van der Waals surface area contributed by atoms with Gasteiger partial charge in [-0.2, -0.15) is 5.10 Å². The van der Waals surface area contributed by atoms with E-state index in [2.05, 4.69) is 41.9 Å². The van der Waals surface area contributed by atoms with Crippen molar-refractivity contribution in [2.75, 3.05) is 6.54 Å². The van der Waals surface area contributed by atoms with Crippen LogP contribution in [-0.2, 0) is 6.54 Å². The van der Waals surface area contributed by atoms with Gasteiger partial charge in [0.05, 0.1) is 0 Å². The lowest BCUT2D eigenvalue weighted by Crippen LogP contribution is -2.28. The lowest BCUT2D eigenvalue weighted by Gasteiger charge is -2.22. The summed E-state index contributed by atoms with van der Waals surface area (Å²) < 4.78 is 2.14. The number of nitrogens with one attached hydrogen (secondary N) is 1. The maximum absolute atomic E-state index is 4.38. The summed E-state index contributed by atoms with van der Waals surface area (Å²) in [4.78, 5) is 0. The predicted octanol–water partition coefficient (Wildman–Crippen LogP) is 2.39. The van der Waals surface area contributed by atoms with E-state index in [0.29, 0.717) is 12.0 Å². The maximum atomic E-state index is 4.38. The van der Waals surface area contributed by atoms with Crippen molar-refractivity contribution in [1.29, 1.82) is 0 Å². The molecule has 0 saturated carbocycles. The molecule has 0 bridgehead atoms. The number of rotatable bonds is 4. The van der Waals surface area contributed by atoms with E-state index >= 15 is 0 Å². The third-order valence-electron chi connectivity index (χ3n) is 3.50. The van der Waals surface area contributed by atoms with Gasteiger partial charge in [0.1, 0.15) is 0 Å². The van der Waals surface area contributed by atoms with Crippen LogP contribution in [0.25, 0.3) is 0 Å². The van der Waals surface area contributed by atoms with Crippen LogP contribution in [0.2, 0.25) is 0 Å². The van der Waals surface area contributed by atoms with Crippen LogP contribution in [0.3, 0.4) is 0 Å². The van der Waals surface area contributed by atoms with Gasteiger partial charge in [0, 0.05) is 30.4 Å². The summed E-state index contributed by atoms with van der Waals surface area (Å²) in [5.41, 5.74) is 1.41. The second-order valence-corrected chi connectivity index (χ2v) is 5.16. The standard InChI is InChI=1S/C13H23N3/c1-4-16-13(6-8-15-16)11-5-7-14-12(11)9-10(2)3/h6,8,10-12,14H,4-5,7,9H2,1-3H3. The van der Waals surface area contributed by atoms with Crippen molar-refractivity contribution >= 4 is 0 Å². The van der Waals surface area contributed by atoms with Gasteiger partial charge in [-0.25, -0.2) is 0 Å². The molecule has 0 aliphatic carbocycles. The molecule has 1 N–H and O–H groups in total. The van der Waals surface area contributed by atoms with E-state index in [4.69, 9.17) is 0 Å². The summed E-state index contributed by atoms with van der Waals surface area (Å²) in [5.74, 6) is 1.42. The summed E-state index contributed by atoms with van der Waals surface area (Å²) in [5, 5.41) is 8.02. The van der Waals surface area contributed by atoms with E-state index in [0.717, 1.165) is 19.0 Å². The van der Waals surface area contributed by atoms with Crippen LogP contribution in [0, 0.1) is 5.92 Å². The Hall–Kier alpha value is -0.830. The first-order valence-electron chi connectivity index (χ1n) is 6.47. The average Bonchev–Trinajstić information content (AvgIpc) is 2.83. The minimum Gasteiger partial charge on any atom is -0.313 e. The Labute approximate surface area is 98.2 Å². The Kier molecular flexibility index (Phi) is 3.64. The van der Waals surface area contributed by atoms with Crippen molar-refractivity contribution in [3.05, 3.63) is 18.0 Å². The molecule has 2 atom stereocenters. The van der Waals surface area contributed by atoms with Crippen molar-refractivity contribution in [1.82, 2.24) is 15.1 Å². The number of aryl methyl sites for hydroxylation is 1. The summed E-state index contributed by atoms with van der Waals surface area (Å²) in [6.07, 6.45) is 4.45. The molecule has 1 aromatic rings. The van der Waals surface area contributed by atoms with Gasteiger partial charge in [-0.3, -0.25) is 4.68 Å². The van der Waals surface area contributed by atoms with Crippen molar-refractivity contribution < 1.29 is 0 Å². The van der Waals surface area contributed by atoms with Crippen LogP contribution < -0.4 is 5.32 Å². The molecule has 1 aromatic heterocycles. The average molecular weight is 221 g/mol. The highest BCUT2D eigenvalue weighted by atomic mass is 15.3. The summed E-state index contributed by atoms with van der Waals surface area (Å²) in [6, 6.07) is 2.83. The van der Waals surface area contributed by atoms with Crippen molar-refractivity contribution in [3.63, 3.8) is 0 Å². The molecule has 2 heterocycles. The first-order valence-corrected chi connectivity index (χ1v) is 6.47. The van der Waals surface area contributed by atoms with Gasteiger partial charge >= 0.3 is 0 Å².